The average Bonchev–Trinajstić information content (AvgIpc) is 3.08. The SMILES string of the molecule is COc1ccccc1C(=O)NCCCc1nc2ccccc2n1C(C)C(C)=O. The van der Waals surface area contributed by atoms with Gasteiger partial charge in [0.05, 0.1) is 29.7 Å². The number of fused-ring (bicyclic) bond motifs is 1. The lowest BCUT2D eigenvalue weighted by Crippen LogP contribution is -2.25. The number of carbonyl (C=O) groups is 2. The van der Waals surface area contributed by atoms with Crippen molar-refractivity contribution >= 4 is 22.7 Å². The zero-order chi connectivity index (χ0) is 20.1. The molecule has 1 unspecified atom stereocenters. The second-order valence-electron chi connectivity index (χ2n) is 6.73. The minimum absolute atomic E-state index is 0.0916. The largest absolute Gasteiger partial charge is 0.496 e. The Bertz CT molecular complexity index is 994. The number of hydrogen-bond acceptors (Lipinski definition) is 4. The standard InChI is InChI=1S/C22H25N3O3/c1-15(16(2)26)25-19-11-6-5-10-18(19)24-21(25)13-8-14-23-22(27)17-9-4-7-12-20(17)28-3/h4-7,9-12,15H,8,13-14H2,1-3H3,(H,23,27). The Kier molecular flexibility index (Phi) is 6.09. The summed E-state index contributed by atoms with van der Waals surface area (Å²) >= 11 is 0. The number of nitrogens with zero attached hydrogens (tertiary/aromatic N) is 2. The normalized spacial score (nSPS) is 12.0. The molecule has 0 radical (unpaired) electrons. The summed E-state index contributed by atoms with van der Waals surface area (Å²) in [6.07, 6.45) is 1.38. The number of nitrogens with one attached hydrogen (secondary N) is 1. The summed E-state index contributed by atoms with van der Waals surface area (Å²) in [4.78, 5) is 29.0. The lowest BCUT2D eigenvalue weighted by atomic mass is 10.2. The van der Waals surface area contributed by atoms with Gasteiger partial charge in [0.15, 0.2) is 5.78 Å². The van der Waals surface area contributed by atoms with E-state index < -0.39 is 0 Å². The van der Waals surface area contributed by atoms with Gasteiger partial charge in [-0.15, -0.1) is 0 Å². The van der Waals surface area contributed by atoms with Crippen molar-refractivity contribution in [1.82, 2.24) is 14.9 Å². The summed E-state index contributed by atoms with van der Waals surface area (Å²) in [6, 6.07) is 14.7. The Labute approximate surface area is 164 Å². The van der Waals surface area contributed by atoms with Crippen molar-refractivity contribution < 1.29 is 14.3 Å². The monoisotopic (exact) mass is 379 g/mol. The first kappa shape index (κ1) is 19.6. The number of ketones is 1. The molecule has 146 valence electrons. The van der Waals surface area contributed by atoms with Crippen LogP contribution < -0.4 is 10.1 Å². The highest BCUT2D eigenvalue weighted by Crippen LogP contribution is 2.22. The predicted molar refractivity (Wildman–Crippen MR) is 109 cm³/mol. The molecule has 0 fully saturated rings. The molecule has 2 aromatic carbocycles. The minimum Gasteiger partial charge on any atom is -0.496 e. The van der Waals surface area contributed by atoms with E-state index in [9.17, 15) is 9.59 Å². The molecule has 6 nitrogen and oxygen atoms in total. The van der Waals surface area contributed by atoms with E-state index in [0.717, 1.165) is 23.3 Å². The van der Waals surface area contributed by atoms with Gasteiger partial charge in [0.1, 0.15) is 11.6 Å². The number of aromatic nitrogens is 2. The number of methoxy groups -OCH3 is 1. The number of carbonyl (C=O) groups excluding carboxylic acids is 2. The number of aryl methyl sites for hydroxylation is 1. The Balaban J connectivity index is 1.68. The van der Waals surface area contributed by atoms with Crippen molar-refractivity contribution in [2.24, 2.45) is 0 Å². The van der Waals surface area contributed by atoms with Gasteiger partial charge in [-0.3, -0.25) is 9.59 Å². The van der Waals surface area contributed by atoms with E-state index in [2.05, 4.69) is 5.32 Å². The van der Waals surface area contributed by atoms with E-state index in [1.807, 2.05) is 47.9 Å². The van der Waals surface area contributed by atoms with E-state index >= 15 is 0 Å². The van der Waals surface area contributed by atoms with Gasteiger partial charge in [-0.25, -0.2) is 4.98 Å². The molecule has 1 N–H and O–H groups in total. The number of para-hydroxylation sites is 3. The van der Waals surface area contributed by atoms with Gasteiger partial charge in [-0.05, 0) is 44.5 Å². The quantitative estimate of drug-likeness (QED) is 0.608. The molecule has 0 spiro atoms. The predicted octanol–water partition coefficient (Wildman–Crippen LogP) is 3.56. The van der Waals surface area contributed by atoms with E-state index in [0.29, 0.717) is 24.3 Å². The molecule has 1 amide bonds. The Morgan fingerprint density at radius 2 is 1.86 bits per heavy atom. The summed E-state index contributed by atoms with van der Waals surface area (Å²) in [6.45, 7) is 3.99. The topological polar surface area (TPSA) is 73.2 Å². The second-order valence-corrected chi connectivity index (χ2v) is 6.73. The fourth-order valence-corrected chi connectivity index (χ4v) is 3.26. The van der Waals surface area contributed by atoms with E-state index in [1.54, 1.807) is 26.2 Å². The van der Waals surface area contributed by atoms with Crippen molar-refractivity contribution in [3.63, 3.8) is 0 Å². The molecule has 0 aliphatic rings. The molecule has 0 saturated carbocycles. The first-order valence-corrected chi connectivity index (χ1v) is 9.40. The first-order valence-electron chi connectivity index (χ1n) is 9.40. The van der Waals surface area contributed by atoms with Crippen LogP contribution in [0.1, 0.15) is 42.5 Å². The Morgan fingerprint density at radius 3 is 2.61 bits per heavy atom. The van der Waals surface area contributed by atoms with Crippen molar-refractivity contribution in [2.75, 3.05) is 13.7 Å². The van der Waals surface area contributed by atoms with Gasteiger partial charge < -0.3 is 14.6 Å². The molecule has 0 aliphatic heterocycles. The zero-order valence-corrected chi connectivity index (χ0v) is 16.4. The van der Waals surface area contributed by atoms with Crippen LogP contribution in [0.3, 0.4) is 0 Å². The smallest absolute Gasteiger partial charge is 0.255 e. The second kappa shape index (κ2) is 8.69. The van der Waals surface area contributed by atoms with Gasteiger partial charge in [0.25, 0.3) is 5.91 Å². The van der Waals surface area contributed by atoms with Crippen LogP contribution in [0.15, 0.2) is 48.5 Å². The molecular weight excluding hydrogens is 354 g/mol. The van der Waals surface area contributed by atoms with Crippen molar-refractivity contribution in [1.29, 1.82) is 0 Å². The fraction of sp³-hybridized carbons (Fsp3) is 0.318. The summed E-state index contributed by atoms with van der Waals surface area (Å²) in [5.41, 5.74) is 2.35. The number of imidazole rings is 1. The number of amides is 1. The van der Waals surface area contributed by atoms with Gasteiger partial charge in [-0.2, -0.15) is 0 Å². The third-order valence-electron chi connectivity index (χ3n) is 4.86. The molecule has 0 saturated heterocycles. The van der Waals surface area contributed by atoms with Crippen LogP contribution in [0.4, 0.5) is 0 Å². The molecule has 1 aromatic heterocycles. The molecule has 0 aliphatic carbocycles. The number of Topliss-reactive ketones (excluding diaryl/α,β-unsaturated/α-hetero) is 1. The Morgan fingerprint density at radius 1 is 1.14 bits per heavy atom. The van der Waals surface area contributed by atoms with Crippen molar-refractivity contribution in [2.45, 2.75) is 32.7 Å². The van der Waals surface area contributed by atoms with Crippen LogP contribution in [0, 0.1) is 0 Å². The lowest BCUT2D eigenvalue weighted by molar-refractivity contribution is -0.119. The summed E-state index contributed by atoms with van der Waals surface area (Å²) in [7, 11) is 1.55. The zero-order valence-electron chi connectivity index (χ0n) is 16.4. The highest BCUT2D eigenvalue weighted by molar-refractivity contribution is 5.96. The molecular formula is C22H25N3O3. The molecule has 3 rings (SSSR count). The number of hydrogen-bond donors (Lipinski definition) is 1. The van der Waals surface area contributed by atoms with Crippen LogP contribution in [0.5, 0.6) is 5.75 Å². The van der Waals surface area contributed by atoms with Crippen LogP contribution in [-0.2, 0) is 11.2 Å². The summed E-state index contributed by atoms with van der Waals surface area (Å²) in [5, 5.41) is 2.93. The fourth-order valence-electron chi connectivity index (χ4n) is 3.26. The number of rotatable bonds is 8. The lowest BCUT2D eigenvalue weighted by Gasteiger charge is -2.15. The maximum absolute atomic E-state index is 12.4. The van der Waals surface area contributed by atoms with Crippen LogP contribution >= 0.6 is 0 Å². The molecule has 6 heteroatoms. The maximum atomic E-state index is 12.4. The van der Waals surface area contributed by atoms with E-state index in [-0.39, 0.29) is 17.7 Å². The van der Waals surface area contributed by atoms with Gasteiger partial charge >= 0.3 is 0 Å². The molecule has 0 bridgehead atoms. The van der Waals surface area contributed by atoms with E-state index in [4.69, 9.17) is 9.72 Å². The maximum Gasteiger partial charge on any atom is 0.255 e. The van der Waals surface area contributed by atoms with Gasteiger partial charge in [0.2, 0.25) is 0 Å². The first-order chi connectivity index (χ1) is 13.5. The van der Waals surface area contributed by atoms with Crippen molar-refractivity contribution in [3.8, 4) is 5.75 Å². The van der Waals surface area contributed by atoms with Crippen LogP contribution in [-0.4, -0.2) is 34.9 Å². The molecule has 1 heterocycles. The van der Waals surface area contributed by atoms with Crippen molar-refractivity contribution in [3.05, 3.63) is 59.9 Å². The van der Waals surface area contributed by atoms with Gasteiger partial charge in [-0.1, -0.05) is 24.3 Å². The molecule has 3 aromatic rings. The molecule has 1 atom stereocenters. The molecule has 28 heavy (non-hydrogen) atoms. The Hall–Kier alpha value is -3.15. The number of ether oxygens (including phenoxy) is 1. The van der Waals surface area contributed by atoms with Crippen LogP contribution in [0.25, 0.3) is 11.0 Å². The summed E-state index contributed by atoms with van der Waals surface area (Å²) in [5.74, 6) is 1.34. The minimum atomic E-state index is -0.273. The van der Waals surface area contributed by atoms with Gasteiger partial charge in [0, 0.05) is 13.0 Å². The van der Waals surface area contributed by atoms with Crippen LogP contribution in [0.2, 0.25) is 0 Å². The third-order valence-corrected chi connectivity index (χ3v) is 4.86. The highest BCUT2D eigenvalue weighted by Gasteiger charge is 2.18. The average molecular weight is 379 g/mol. The number of benzene rings is 2. The van der Waals surface area contributed by atoms with E-state index in [1.165, 1.54) is 0 Å². The highest BCUT2D eigenvalue weighted by atomic mass is 16.5. The third kappa shape index (κ3) is 4.06. The summed E-state index contributed by atoms with van der Waals surface area (Å²) < 4.78 is 7.23.